The number of rotatable bonds is 2. The quantitative estimate of drug-likeness (QED) is 0.400. The average molecular weight is 211 g/mol. The van der Waals surface area contributed by atoms with Crippen molar-refractivity contribution in [2.24, 2.45) is 5.11 Å². The van der Waals surface area contributed by atoms with Crippen molar-refractivity contribution in [2.45, 2.75) is 57.0 Å². The topological polar surface area (TPSA) is 67.2 Å². The summed E-state index contributed by atoms with van der Waals surface area (Å²) in [5.41, 5.74) is 8.14. The predicted molar refractivity (Wildman–Crippen MR) is 55.5 cm³/mol. The molecule has 5 nitrogen and oxygen atoms in total. The van der Waals surface area contributed by atoms with E-state index in [1.54, 1.807) is 0 Å². The summed E-state index contributed by atoms with van der Waals surface area (Å²) in [4.78, 5) is 2.76. The van der Waals surface area contributed by atoms with Gasteiger partial charge in [-0.15, -0.1) is 0 Å². The third-order valence-electron chi connectivity index (χ3n) is 3.45. The van der Waals surface area contributed by atoms with Crippen LogP contribution in [0.1, 0.15) is 33.1 Å². The molecule has 0 unspecified atom stereocenters. The molecule has 2 aliphatic rings. The summed E-state index contributed by atoms with van der Waals surface area (Å²) in [6.07, 6.45) is 3.46. The van der Waals surface area contributed by atoms with Gasteiger partial charge in [-0.25, -0.2) is 0 Å². The van der Waals surface area contributed by atoms with Crippen LogP contribution in [-0.2, 0) is 9.47 Å². The first-order valence-electron chi connectivity index (χ1n) is 5.50. The van der Waals surface area contributed by atoms with Crippen molar-refractivity contribution < 1.29 is 9.47 Å². The Labute approximate surface area is 89.4 Å². The van der Waals surface area contributed by atoms with Gasteiger partial charge in [0.15, 0.2) is 0 Å². The van der Waals surface area contributed by atoms with Gasteiger partial charge in [-0.3, -0.25) is 0 Å². The molecule has 2 saturated heterocycles. The van der Waals surface area contributed by atoms with Crippen molar-refractivity contribution in [3.05, 3.63) is 10.4 Å². The van der Waals surface area contributed by atoms with Gasteiger partial charge in [0.1, 0.15) is 0 Å². The smallest absolute Gasteiger partial charge is 0.0969 e. The van der Waals surface area contributed by atoms with Crippen molar-refractivity contribution in [1.82, 2.24) is 0 Å². The van der Waals surface area contributed by atoms with E-state index < -0.39 is 0 Å². The van der Waals surface area contributed by atoms with Crippen LogP contribution >= 0.6 is 0 Å². The highest BCUT2D eigenvalue weighted by Gasteiger charge is 2.50. The minimum Gasteiger partial charge on any atom is -0.372 e. The highest BCUT2D eigenvalue weighted by atomic mass is 16.6. The lowest BCUT2D eigenvalue weighted by molar-refractivity contribution is -0.0781. The van der Waals surface area contributed by atoms with Crippen LogP contribution in [0.2, 0.25) is 0 Å². The molecule has 5 heteroatoms. The molecule has 0 aromatic carbocycles. The lowest BCUT2D eigenvalue weighted by atomic mass is 9.91. The number of nitrogens with zero attached hydrogens (tertiary/aromatic N) is 3. The molecule has 84 valence electrons. The zero-order chi connectivity index (χ0) is 10.9. The highest BCUT2D eigenvalue weighted by molar-refractivity contribution is 4.99. The molecule has 4 atom stereocenters. The summed E-state index contributed by atoms with van der Waals surface area (Å²) in [6.45, 7) is 4.59. The molecule has 0 amide bonds. The fourth-order valence-corrected chi connectivity index (χ4v) is 2.73. The molecule has 2 heterocycles. The molecule has 2 aliphatic heterocycles. The average Bonchev–Trinajstić information content (AvgIpc) is 2.70. The van der Waals surface area contributed by atoms with Gasteiger partial charge < -0.3 is 9.47 Å². The highest BCUT2D eigenvalue weighted by Crippen LogP contribution is 2.43. The summed E-state index contributed by atoms with van der Waals surface area (Å²) < 4.78 is 11.7. The van der Waals surface area contributed by atoms with E-state index in [1.807, 2.05) is 0 Å². The second-order valence-corrected chi connectivity index (χ2v) is 4.55. The Bertz CT molecular complexity index is 290. The van der Waals surface area contributed by atoms with Gasteiger partial charge in [-0.1, -0.05) is 5.11 Å². The van der Waals surface area contributed by atoms with Gasteiger partial charge in [-0.2, -0.15) is 0 Å². The molecular formula is C10H17N3O2. The van der Waals surface area contributed by atoms with Gasteiger partial charge in [0.25, 0.3) is 0 Å². The molecule has 2 fully saturated rings. The van der Waals surface area contributed by atoms with Crippen LogP contribution in [0, 0.1) is 0 Å². The first-order valence-corrected chi connectivity index (χ1v) is 5.50. The van der Waals surface area contributed by atoms with Gasteiger partial charge in [0.2, 0.25) is 0 Å². The maximum atomic E-state index is 8.26. The lowest BCUT2D eigenvalue weighted by Gasteiger charge is -2.27. The first-order chi connectivity index (χ1) is 7.16. The Morgan fingerprint density at radius 1 is 1.53 bits per heavy atom. The largest absolute Gasteiger partial charge is 0.372 e. The fourth-order valence-electron chi connectivity index (χ4n) is 2.73. The fraction of sp³-hybridized carbons (Fsp3) is 1.00. The van der Waals surface area contributed by atoms with E-state index in [-0.39, 0.29) is 23.9 Å². The zero-order valence-electron chi connectivity index (χ0n) is 9.22. The van der Waals surface area contributed by atoms with Gasteiger partial charge in [0, 0.05) is 11.3 Å². The van der Waals surface area contributed by atoms with Gasteiger partial charge >= 0.3 is 0 Å². The maximum Gasteiger partial charge on any atom is 0.0969 e. The maximum absolute atomic E-state index is 8.26. The van der Waals surface area contributed by atoms with E-state index in [9.17, 15) is 0 Å². The van der Waals surface area contributed by atoms with E-state index >= 15 is 0 Å². The SMILES string of the molecule is C[C@@H]1C[C@]2(CC[C@@H](CN=[N+]=[N-])O2)[C@H](C)O1. The van der Waals surface area contributed by atoms with Crippen LogP contribution in [0.3, 0.4) is 0 Å². The standard InChI is InChI=1S/C10H17N3O2/c1-7-5-10(8(2)14-7)4-3-9(15-10)6-12-13-11/h7-9H,3-6H2,1-2H3/t7-,8+,9+,10-/m1/s1. The lowest BCUT2D eigenvalue weighted by Crippen LogP contribution is -2.36. The van der Waals surface area contributed by atoms with Crippen LogP contribution in [0.15, 0.2) is 5.11 Å². The molecule has 0 radical (unpaired) electrons. The summed E-state index contributed by atoms with van der Waals surface area (Å²) in [7, 11) is 0. The van der Waals surface area contributed by atoms with E-state index in [1.165, 1.54) is 0 Å². The third-order valence-corrected chi connectivity index (χ3v) is 3.45. The van der Waals surface area contributed by atoms with Crippen molar-refractivity contribution >= 4 is 0 Å². The molecule has 0 aliphatic carbocycles. The Balaban J connectivity index is 1.98. The van der Waals surface area contributed by atoms with Crippen LogP contribution in [0.5, 0.6) is 0 Å². The third kappa shape index (κ3) is 1.95. The summed E-state index contributed by atoms with van der Waals surface area (Å²) in [5.74, 6) is 0. The number of ether oxygens (including phenoxy) is 2. The molecular weight excluding hydrogens is 194 g/mol. The molecule has 0 aromatic heterocycles. The van der Waals surface area contributed by atoms with Crippen LogP contribution in [0.25, 0.3) is 10.4 Å². The Morgan fingerprint density at radius 3 is 2.93 bits per heavy atom. The van der Waals surface area contributed by atoms with Crippen LogP contribution in [0.4, 0.5) is 0 Å². The predicted octanol–water partition coefficient (Wildman–Crippen LogP) is 2.41. The normalized spacial score (nSPS) is 44.5. The molecule has 0 saturated carbocycles. The Morgan fingerprint density at radius 2 is 2.33 bits per heavy atom. The zero-order valence-corrected chi connectivity index (χ0v) is 9.22. The first kappa shape index (κ1) is 10.7. The molecule has 0 bridgehead atoms. The van der Waals surface area contributed by atoms with Crippen molar-refractivity contribution in [2.75, 3.05) is 6.54 Å². The van der Waals surface area contributed by atoms with E-state index in [0.717, 1.165) is 19.3 Å². The molecule has 15 heavy (non-hydrogen) atoms. The number of hydrogen-bond donors (Lipinski definition) is 0. The monoisotopic (exact) mass is 211 g/mol. The van der Waals surface area contributed by atoms with E-state index in [2.05, 4.69) is 23.9 Å². The number of azide groups is 1. The summed E-state index contributed by atoms with van der Waals surface area (Å²) in [5, 5.41) is 3.57. The van der Waals surface area contributed by atoms with Crippen LogP contribution in [-0.4, -0.2) is 30.5 Å². The van der Waals surface area contributed by atoms with Crippen molar-refractivity contribution in [3.8, 4) is 0 Å². The number of hydrogen-bond acceptors (Lipinski definition) is 3. The molecule has 2 rings (SSSR count). The minimum atomic E-state index is -0.116. The summed E-state index contributed by atoms with van der Waals surface area (Å²) in [6, 6.07) is 0. The second-order valence-electron chi connectivity index (χ2n) is 4.55. The van der Waals surface area contributed by atoms with Crippen molar-refractivity contribution in [3.63, 3.8) is 0 Å². The Hall–Kier alpha value is -0.770. The Kier molecular flexibility index (Phi) is 2.87. The minimum absolute atomic E-state index is 0.0808. The molecule has 0 N–H and O–H groups in total. The van der Waals surface area contributed by atoms with Crippen molar-refractivity contribution in [1.29, 1.82) is 0 Å². The van der Waals surface area contributed by atoms with E-state index in [0.29, 0.717) is 6.54 Å². The molecule has 1 spiro atoms. The molecule has 0 aromatic rings. The second kappa shape index (κ2) is 4.00. The van der Waals surface area contributed by atoms with Gasteiger partial charge in [-0.05, 0) is 32.2 Å². The van der Waals surface area contributed by atoms with E-state index in [4.69, 9.17) is 15.0 Å². The van der Waals surface area contributed by atoms with Gasteiger partial charge in [0.05, 0.1) is 30.5 Å². The summed E-state index contributed by atoms with van der Waals surface area (Å²) >= 11 is 0. The van der Waals surface area contributed by atoms with Crippen LogP contribution < -0.4 is 0 Å².